The third-order valence-electron chi connectivity index (χ3n) is 6.84. The van der Waals surface area contributed by atoms with Gasteiger partial charge in [-0.25, -0.2) is 0 Å². The summed E-state index contributed by atoms with van der Waals surface area (Å²) in [5.74, 6) is -0.466. The number of nitrogens with one attached hydrogen (secondary N) is 2. The van der Waals surface area contributed by atoms with Crippen LogP contribution in [0.15, 0.2) is 48.8 Å². The van der Waals surface area contributed by atoms with E-state index in [0.717, 1.165) is 57.3 Å². The number of carbonyl (C=O) groups is 2. The average molecular weight is 475 g/mol. The second-order valence-corrected chi connectivity index (χ2v) is 9.10. The third kappa shape index (κ3) is 6.14. The van der Waals surface area contributed by atoms with Crippen molar-refractivity contribution in [2.45, 2.75) is 56.3 Å². The van der Waals surface area contributed by atoms with Crippen LogP contribution in [-0.2, 0) is 11.0 Å². The topological polar surface area (TPSA) is 74.3 Å². The Morgan fingerprint density at radius 3 is 2.47 bits per heavy atom. The highest BCUT2D eigenvalue weighted by Crippen LogP contribution is 2.35. The van der Waals surface area contributed by atoms with Crippen molar-refractivity contribution in [3.63, 3.8) is 0 Å². The monoisotopic (exact) mass is 474 g/mol. The number of benzene rings is 1. The average Bonchev–Trinajstić information content (AvgIpc) is 3.31. The molecule has 1 aliphatic heterocycles. The van der Waals surface area contributed by atoms with Crippen LogP contribution >= 0.6 is 0 Å². The molecule has 2 aromatic rings. The zero-order valence-corrected chi connectivity index (χ0v) is 18.9. The molecule has 34 heavy (non-hydrogen) atoms. The van der Waals surface area contributed by atoms with Gasteiger partial charge in [-0.1, -0.05) is 6.07 Å². The minimum atomic E-state index is -4.53. The van der Waals surface area contributed by atoms with E-state index in [1.807, 2.05) is 12.4 Å². The molecule has 1 saturated carbocycles. The van der Waals surface area contributed by atoms with Crippen molar-refractivity contribution in [3.8, 4) is 0 Å². The van der Waals surface area contributed by atoms with Gasteiger partial charge in [0.1, 0.15) is 0 Å². The summed E-state index contributed by atoms with van der Waals surface area (Å²) in [5, 5.41) is 5.35. The Hall–Kier alpha value is -2.94. The first-order chi connectivity index (χ1) is 16.3. The summed E-state index contributed by atoms with van der Waals surface area (Å²) in [5.41, 5.74) is 0.328. The number of hydrogen-bond acceptors (Lipinski definition) is 4. The number of amides is 2. The molecule has 0 bridgehead atoms. The number of likely N-dealkylation sites (tertiary alicyclic amines) is 1. The molecule has 1 aromatic heterocycles. The van der Waals surface area contributed by atoms with Crippen LogP contribution in [0.1, 0.15) is 59.5 Å². The number of hydrogen-bond donors (Lipinski definition) is 2. The highest BCUT2D eigenvalue weighted by atomic mass is 19.4. The lowest BCUT2D eigenvalue weighted by Crippen LogP contribution is -2.44. The Morgan fingerprint density at radius 2 is 1.76 bits per heavy atom. The van der Waals surface area contributed by atoms with E-state index in [2.05, 4.69) is 32.7 Å². The molecule has 2 heterocycles. The van der Waals surface area contributed by atoms with Crippen LogP contribution in [0.4, 0.5) is 13.2 Å². The van der Waals surface area contributed by atoms with Crippen molar-refractivity contribution in [2.24, 2.45) is 0 Å². The second-order valence-electron chi connectivity index (χ2n) is 9.10. The van der Waals surface area contributed by atoms with Crippen molar-refractivity contribution < 1.29 is 22.8 Å². The molecule has 0 radical (unpaired) electrons. The molecule has 1 aliphatic carbocycles. The Balaban J connectivity index is 1.19. The van der Waals surface area contributed by atoms with Crippen LogP contribution in [0.5, 0.6) is 0 Å². The van der Waals surface area contributed by atoms with E-state index in [9.17, 15) is 22.8 Å². The van der Waals surface area contributed by atoms with Gasteiger partial charge in [0.25, 0.3) is 5.91 Å². The minimum absolute atomic E-state index is 0.0101. The van der Waals surface area contributed by atoms with Gasteiger partial charge in [0.2, 0.25) is 5.91 Å². The van der Waals surface area contributed by atoms with Gasteiger partial charge in [0, 0.05) is 43.1 Å². The van der Waals surface area contributed by atoms with E-state index >= 15 is 0 Å². The summed E-state index contributed by atoms with van der Waals surface area (Å²) < 4.78 is 38.5. The van der Waals surface area contributed by atoms with Gasteiger partial charge in [0.05, 0.1) is 12.1 Å². The van der Waals surface area contributed by atoms with Gasteiger partial charge in [0.15, 0.2) is 0 Å². The van der Waals surface area contributed by atoms with Gasteiger partial charge >= 0.3 is 6.18 Å². The number of aromatic nitrogens is 1. The first-order valence-electron chi connectivity index (χ1n) is 11.7. The van der Waals surface area contributed by atoms with Gasteiger partial charge < -0.3 is 10.6 Å². The van der Waals surface area contributed by atoms with Gasteiger partial charge in [-0.2, -0.15) is 13.2 Å². The Morgan fingerprint density at radius 1 is 1.03 bits per heavy atom. The standard InChI is InChI=1S/C25H29F3N4O2/c26-25(27,28)20-3-1-2-19(14-20)24(34)30-15-23(33)31-21-10-13-32(16-21)22-6-4-17(5-7-22)18-8-11-29-12-9-18/h1-3,8-9,11-12,14,17,21-22H,4-7,10,13,15-16H2,(H,30,34)(H,31,33)/t17?,21-,22?/m1/s1. The van der Waals surface area contributed by atoms with Gasteiger partial charge in [-0.15, -0.1) is 0 Å². The van der Waals surface area contributed by atoms with E-state index in [0.29, 0.717) is 12.0 Å². The number of halogens is 3. The summed E-state index contributed by atoms with van der Waals surface area (Å²) in [6, 6.07) is 8.87. The molecule has 6 nitrogen and oxygen atoms in total. The Bertz CT molecular complexity index is 991. The van der Waals surface area contributed by atoms with Crippen molar-refractivity contribution in [1.29, 1.82) is 0 Å². The van der Waals surface area contributed by atoms with Crippen LogP contribution in [0.2, 0.25) is 0 Å². The molecule has 1 aromatic carbocycles. The zero-order chi connectivity index (χ0) is 24.1. The molecule has 2 fully saturated rings. The first kappa shape index (κ1) is 24.2. The van der Waals surface area contributed by atoms with E-state index in [-0.39, 0.29) is 24.1 Å². The van der Waals surface area contributed by atoms with Crippen LogP contribution in [0.25, 0.3) is 0 Å². The molecule has 1 saturated heterocycles. The number of carbonyl (C=O) groups excluding carboxylic acids is 2. The third-order valence-corrected chi connectivity index (χ3v) is 6.84. The van der Waals surface area contributed by atoms with Gasteiger partial charge in [-0.3, -0.25) is 19.5 Å². The first-order valence-corrected chi connectivity index (χ1v) is 11.7. The highest BCUT2D eigenvalue weighted by molar-refractivity contribution is 5.96. The maximum Gasteiger partial charge on any atom is 0.416 e. The summed E-state index contributed by atoms with van der Waals surface area (Å²) in [4.78, 5) is 31.0. The van der Waals surface area contributed by atoms with Crippen molar-refractivity contribution in [1.82, 2.24) is 20.5 Å². The molecule has 2 aliphatic rings. The molecule has 1 atom stereocenters. The fourth-order valence-electron chi connectivity index (χ4n) is 5.02. The number of pyridine rings is 1. The lowest BCUT2D eigenvalue weighted by molar-refractivity contribution is -0.137. The summed E-state index contributed by atoms with van der Waals surface area (Å²) in [6.07, 6.45) is 4.54. The van der Waals surface area contributed by atoms with Crippen molar-refractivity contribution in [2.75, 3.05) is 19.6 Å². The number of alkyl halides is 3. The van der Waals surface area contributed by atoms with Crippen LogP contribution in [0.3, 0.4) is 0 Å². The van der Waals surface area contributed by atoms with E-state index in [4.69, 9.17) is 0 Å². The van der Waals surface area contributed by atoms with E-state index in [1.54, 1.807) is 0 Å². The maximum absolute atomic E-state index is 12.8. The lowest BCUT2D eigenvalue weighted by atomic mass is 9.81. The summed E-state index contributed by atoms with van der Waals surface area (Å²) >= 11 is 0. The largest absolute Gasteiger partial charge is 0.416 e. The number of nitrogens with zero attached hydrogens (tertiary/aromatic N) is 2. The minimum Gasteiger partial charge on any atom is -0.350 e. The highest BCUT2D eigenvalue weighted by Gasteiger charge is 2.33. The van der Waals surface area contributed by atoms with Crippen molar-refractivity contribution in [3.05, 3.63) is 65.5 Å². The molecule has 0 unspecified atom stereocenters. The van der Waals surface area contributed by atoms with Crippen LogP contribution < -0.4 is 10.6 Å². The molecule has 4 rings (SSSR count). The smallest absolute Gasteiger partial charge is 0.350 e. The predicted octanol–water partition coefficient (Wildman–Crippen LogP) is 3.75. The molecule has 2 amide bonds. The zero-order valence-electron chi connectivity index (χ0n) is 18.9. The summed E-state index contributed by atoms with van der Waals surface area (Å²) in [7, 11) is 0. The Labute approximate surface area is 196 Å². The summed E-state index contributed by atoms with van der Waals surface area (Å²) in [6.45, 7) is 1.42. The van der Waals surface area contributed by atoms with E-state index < -0.39 is 17.6 Å². The second kappa shape index (κ2) is 10.5. The fraction of sp³-hybridized carbons (Fsp3) is 0.480. The molecular formula is C25H29F3N4O2. The Kier molecular flexibility index (Phi) is 7.50. The quantitative estimate of drug-likeness (QED) is 0.669. The lowest BCUT2D eigenvalue weighted by Gasteiger charge is -2.34. The van der Waals surface area contributed by atoms with Crippen LogP contribution in [-0.4, -0.2) is 53.4 Å². The SMILES string of the molecule is O=C(CNC(=O)c1cccc(C(F)(F)F)c1)N[C@@H]1CCN(C2CCC(c3ccncc3)CC2)C1. The fourth-order valence-corrected chi connectivity index (χ4v) is 5.02. The maximum atomic E-state index is 12.8. The van der Waals surface area contributed by atoms with E-state index in [1.165, 1.54) is 17.7 Å². The molecule has 0 spiro atoms. The van der Waals surface area contributed by atoms with Crippen molar-refractivity contribution >= 4 is 11.8 Å². The molecule has 9 heteroatoms. The van der Waals surface area contributed by atoms with Gasteiger partial charge in [-0.05, 0) is 73.9 Å². The molecule has 2 N–H and O–H groups in total. The predicted molar refractivity (Wildman–Crippen MR) is 121 cm³/mol. The molecule has 182 valence electrons. The van der Waals surface area contributed by atoms with Crippen LogP contribution in [0, 0.1) is 0 Å². The molecular weight excluding hydrogens is 445 g/mol. The normalized spacial score (nSPS) is 23.4. The number of rotatable bonds is 6.